The van der Waals surface area contributed by atoms with E-state index < -0.39 is 16.8 Å². The predicted molar refractivity (Wildman–Crippen MR) is 65.5 cm³/mol. The number of aliphatic carboxylic acids is 1. The zero-order valence-corrected chi connectivity index (χ0v) is 10.7. The van der Waals surface area contributed by atoms with Crippen molar-refractivity contribution in [1.82, 2.24) is 0 Å². The number of methoxy groups -OCH3 is 1. The molecule has 0 heterocycles. The maximum absolute atomic E-state index is 12.0. The van der Waals surface area contributed by atoms with E-state index in [0.29, 0.717) is 17.1 Å². The quantitative estimate of drug-likeness (QED) is 0.837. The van der Waals surface area contributed by atoms with Crippen LogP contribution in [0.15, 0.2) is 29.2 Å². The Balaban J connectivity index is 2.73. The molecule has 0 aliphatic carbocycles. The van der Waals surface area contributed by atoms with E-state index in [0.717, 1.165) is 0 Å². The zero-order chi connectivity index (χ0) is 12.8. The smallest absolute Gasteiger partial charge is 0.307 e. The summed E-state index contributed by atoms with van der Waals surface area (Å²) >= 11 is 0. The van der Waals surface area contributed by atoms with Crippen LogP contribution in [0.3, 0.4) is 0 Å². The Bertz CT molecular complexity index is 399. The van der Waals surface area contributed by atoms with Crippen molar-refractivity contribution < 1.29 is 18.8 Å². The van der Waals surface area contributed by atoms with E-state index in [4.69, 9.17) is 9.84 Å². The zero-order valence-electron chi connectivity index (χ0n) is 9.88. The van der Waals surface area contributed by atoms with E-state index in [1.54, 1.807) is 31.4 Å². The Morgan fingerprint density at radius 1 is 1.41 bits per heavy atom. The Kier molecular flexibility index (Phi) is 5.31. The van der Waals surface area contributed by atoms with Crippen LogP contribution < -0.4 is 0 Å². The highest BCUT2D eigenvalue weighted by Crippen LogP contribution is 2.13. The van der Waals surface area contributed by atoms with Gasteiger partial charge in [0.05, 0.1) is 29.1 Å². The van der Waals surface area contributed by atoms with Crippen LogP contribution in [0.5, 0.6) is 0 Å². The van der Waals surface area contributed by atoms with Gasteiger partial charge in [0.15, 0.2) is 0 Å². The third-order valence-electron chi connectivity index (χ3n) is 2.28. The number of hydrogen-bond acceptors (Lipinski definition) is 3. The van der Waals surface area contributed by atoms with Gasteiger partial charge in [0, 0.05) is 12.0 Å². The van der Waals surface area contributed by atoms with Crippen molar-refractivity contribution in [3.05, 3.63) is 29.8 Å². The highest BCUT2D eigenvalue weighted by molar-refractivity contribution is 7.85. The minimum Gasteiger partial charge on any atom is -0.481 e. The van der Waals surface area contributed by atoms with Crippen LogP contribution in [-0.4, -0.2) is 34.3 Å². The summed E-state index contributed by atoms with van der Waals surface area (Å²) in [6.45, 7) is 2.29. The second kappa shape index (κ2) is 6.51. The number of carboxylic acid groups (broad SMARTS) is 1. The predicted octanol–water partition coefficient (Wildman–Crippen LogP) is 1.46. The molecule has 17 heavy (non-hydrogen) atoms. The summed E-state index contributed by atoms with van der Waals surface area (Å²) in [5.41, 5.74) is 0.706. The molecule has 0 bridgehead atoms. The standard InChI is InChI=1S/C12H16O4S/c1-9(8-16-2)17(15)11-5-3-10(4-6-11)7-12(13)14/h3-6,9H,7-8H2,1-2H3,(H,13,14). The number of hydrogen-bond donors (Lipinski definition) is 1. The molecule has 1 aromatic carbocycles. The average molecular weight is 256 g/mol. The van der Waals surface area contributed by atoms with Crippen LogP contribution in [0.4, 0.5) is 0 Å². The highest BCUT2D eigenvalue weighted by atomic mass is 32.2. The maximum atomic E-state index is 12.0. The number of carbonyl (C=O) groups is 1. The Labute approximate surface area is 103 Å². The van der Waals surface area contributed by atoms with Gasteiger partial charge in [-0.2, -0.15) is 0 Å². The molecule has 0 amide bonds. The molecule has 0 saturated heterocycles. The molecular formula is C12H16O4S. The van der Waals surface area contributed by atoms with Gasteiger partial charge >= 0.3 is 5.97 Å². The summed E-state index contributed by atoms with van der Waals surface area (Å²) in [5, 5.41) is 8.55. The Morgan fingerprint density at radius 2 is 2.00 bits per heavy atom. The normalized spacial score (nSPS) is 14.2. The van der Waals surface area contributed by atoms with Crippen LogP contribution >= 0.6 is 0 Å². The van der Waals surface area contributed by atoms with Crippen molar-refractivity contribution in [2.24, 2.45) is 0 Å². The van der Waals surface area contributed by atoms with Gasteiger partial charge in [-0.05, 0) is 24.6 Å². The number of ether oxygens (including phenoxy) is 1. The molecule has 0 radical (unpaired) electrons. The summed E-state index contributed by atoms with van der Waals surface area (Å²) in [6.07, 6.45) is -0.0134. The lowest BCUT2D eigenvalue weighted by Crippen LogP contribution is -2.17. The van der Waals surface area contributed by atoms with Crippen molar-refractivity contribution in [1.29, 1.82) is 0 Å². The Morgan fingerprint density at radius 3 is 2.47 bits per heavy atom. The summed E-state index contributed by atoms with van der Waals surface area (Å²) in [6, 6.07) is 6.81. The molecule has 0 aliphatic heterocycles. The summed E-state index contributed by atoms with van der Waals surface area (Å²) in [4.78, 5) is 11.2. The lowest BCUT2D eigenvalue weighted by molar-refractivity contribution is -0.136. The minimum atomic E-state index is -1.12. The average Bonchev–Trinajstić information content (AvgIpc) is 2.28. The number of benzene rings is 1. The van der Waals surface area contributed by atoms with Crippen LogP contribution in [0.25, 0.3) is 0 Å². The second-order valence-corrected chi connectivity index (χ2v) is 5.65. The van der Waals surface area contributed by atoms with Crippen molar-refractivity contribution in [2.45, 2.75) is 23.5 Å². The maximum Gasteiger partial charge on any atom is 0.307 e. The van der Waals surface area contributed by atoms with E-state index in [2.05, 4.69) is 0 Å². The molecular weight excluding hydrogens is 240 g/mol. The SMILES string of the molecule is COCC(C)S(=O)c1ccc(CC(=O)O)cc1. The topological polar surface area (TPSA) is 63.6 Å². The number of rotatable bonds is 6. The van der Waals surface area contributed by atoms with Gasteiger partial charge in [-0.3, -0.25) is 9.00 Å². The summed E-state index contributed by atoms with van der Waals surface area (Å²) in [7, 11) is 0.452. The van der Waals surface area contributed by atoms with E-state index in [1.807, 2.05) is 6.92 Å². The van der Waals surface area contributed by atoms with Gasteiger partial charge < -0.3 is 9.84 Å². The molecule has 0 saturated carbocycles. The highest BCUT2D eigenvalue weighted by Gasteiger charge is 2.13. The van der Waals surface area contributed by atoms with Crippen LogP contribution in [-0.2, 0) is 26.8 Å². The third-order valence-corrected chi connectivity index (χ3v) is 3.88. The number of carboxylic acids is 1. The van der Waals surface area contributed by atoms with Gasteiger partial charge in [0.25, 0.3) is 0 Å². The fourth-order valence-electron chi connectivity index (χ4n) is 1.44. The third kappa shape index (κ3) is 4.28. The molecule has 0 aliphatic rings. The fourth-order valence-corrected chi connectivity index (χ4v) is 2.57. The molecule has 2 atom stereocenters. The lowest BCUT2D eigenvalue weighted by Gasteiger charge is -2.10. The van der Waals surface area contributed by atoms with Crippen molar-refractivity contribution >= 4 is 16.8 Å². The molecule has 0 spiro atoms. The minimum absolute atomic E-state index is 0.0134. The molecule has 4 nitrogen and oxygen atoms in total. The molecule has 2 unspecified atom stereocenters. The molecule has 1 aromatic rings. The molecule has 1 N–H and O–H groups in total. The van der Waals surface area contributed by atoms with E-state index in [9.17, 15) is 9.00 Å². The van der Waals surface area contributed by atoms with Crippen molar-refractivity contribution in [3.8, 4) is 0 Å². The fraction of sp³-hybridized carbons (Fsp3) is 0.417. The first-order valence-corrected chi connectivity index (χ1v) is 6.46. The van der Waals surface area contributed by atoms with Crippen LogP contribution in [0, 0.1) is 0 Å². The van der Waals surface area contributed by atoms with Gasteiger partial charge in [-0.25, -0.2) is 0 Å². The van der Waals surface area contributed by atoms with Gasteiger partial charge in [-0.15, -0.1) is 0 Å². The first-order valence-electron chi connectivity index (χ1n) is 5.25. The first-order chi connectivity index (χ1) is 8.04. The van der Waals surface area contributed by atoms with Crippen LogP contribution in [0.1, 0.15) is 12.5 Å². The molecule has 5 heteroatoms. The molecule has 94 valence electrons. The second-order valence-electron chi connectivity index (χ2n) is 3.78. The van der Waals surface area contributed by atoms with Crippen molar-refractivity contribution in [3.63, 3.8) is 0 Å². The lowest BCUT2D eigenvalue weighted by atomic mass is 10.2. The summed E-state index contributed by atoms with van der Waals surface area (Å²) < 4.78 is 16.9. The van der Waals surface area contributed by atoms with Gasteiger partial charge in [0.1, 0.15) is 0 Å². The Hall–Kier alpha value is -1.20. The summed E-state index contributed by atoms with van der Waals surface area (Å²) in [5.74, 6) is -0.869. The van der Waals surface area contributed by atoms with E-state index in [-0.39, 0.29) is 11.7 Å². The van der Waals surface area contributed by atoms with Gasteiger partial charge in [-0.1, -0.05) is 12.1 Å². The monoisotopic (exact) mass is 256 g/mol. The van der Waals surface area contributed by atoms with Crippen molar-refractivity contribution in [2.75, 3.05) is 13.7 Å². The first kappa shape index (κ1) is 13.9. The van der Waals surface area contributed by atoms with E-state index in [1.165, 1.54) is 0 Å². The van der Waals surface area contributed by atoms with Crippen LogP contribution in [0.2, 0.25) is 0 Å². The largest absolute Gasteiger partial charge is 0.481 e. The molecule has 1 rings (SSSR count). The molecule has 0 aromatic heterocycles. The van der Waals surface area contributed by atoms with E-state index >= 15 is 0 Å². The molecule has 0 fully saturated rings. The van der Waals surface area contributed by atoms with Gasteiger partial charge in [0.2, 0.25) is 0 Å².